The van der Waals surface area contributed by atoms with Crippen LogP contribution in [0.1, 0.15) is 37.0 Å². The summed E-state index contributed by atoms with van der Waals surface area (Å²) in [5.41, 5.74) is 1.83. The smallest absolute Gasteiger partial charge is 0.255 e. The lowest BCUT2D eigenvalue weighted by atomic mass is 10.1. The van der Waals surface area contributed by atoms with Gasteiger partial charge in [0.1, 0.15) is 0 Å². The van der Waals surface area contributed by atoms with Crippen LogP contribution in [0.15, 0.2) is 42.5 Å². The molecule has 0 saturated heterocycles. The number of rotatable bonds is 7. The summed E-state index contributed by atoms with van der Waals surface area (Å²) in [6.45, 7) is 3.85. The number of carbonyl (C=O) groups is 2. The van der Waals surface area contributed by atoms with Crippen LogP contribution in [-0.4, -0.2) is 25.0 Å². The third kappa shape index (κ3) is 5.00. The van der Waals surface area contributed by atoms with Gasteiger partial charge in [0, 0.05) is 22.9 Å². The van der Waals surface area contributed by atoms with E-state index in [1.165, 1.54) is 0 Å². The number of nitrogens with one attached hydrogen (secondary N) is 2. The number of methoxy groups -OCH3 is 1. The van der Waals surface area contributed by atoms with E-state index in [1.807, 2.05) is 13.8 Å². The molecule has 3 rings (SSSR count). The Morgan fingerprint density at radius 1 is 0.963 bits per heavy atom. The van der Waals surface area contributed by atoms with Crippen molar-refractivity contribution >= 4 is 23.2 Å². The van der Waals surface area contributed by atoms with Gasteiger partial charge in [0.05, 0.1) is 13.2 Å². The van der Waals surface area contributed by atoms with Gasteiger partial charge < -0.3 is 20.1 Å². The van der Waals surface area contributed by atoms with Crippen LogP contribution >= 0.6 is 0 Å². The van der Waals surface area contributed by atoms with Crippen LogP contribution < -0.4 is 20.1 Å². The summed E-state index contributed by atoms with van der Waals surface area (Å²) in [6.07, 6.45) is 1.94. The van der Waals surface area contributed by atoms with E-state index in [0.717, 1.165) is 18.5 Å². The Morgan fingerprint density at radius 2 is 1.59 bits per heavy atom. The Labute approximate surface area is 158 Å². The molecule has 0 bridgehead atoms. The largest absolute Gasteiger partial charge is 0.493 e. The fourth-order valence-corrected chi connectivity index (χ4v) is 2.59. The second-order valence-electron chi connectivity index (χ2n) is 6.83. The van der Waals surface area contributed by atoms with E-state index >= 15 is 0 Å². The van der Waals surface area contributed by atoms with Crippen LogP contribution in [0.4, 0.5) is 11.4 Å². The summed E-state index contributed by atoms with van der Waals surface area (Å²) in [5, 5.41) is 5.71. The molecule has 2 aromatic rings. The van der Waals surface area contributed by atoms with Crippen LogP contribution in [0.3, 0.4) is 0 Å². The van der Waals surface area contributed by atoms with Gasteiger partial charge in [0.2, 0.25) is 5.91 Å². The van der Waals surface area contributed by atoms with Crippen molar-refractivity contribution in [2.45, 2.75) is 32.8 Å². The SMILES string of the molecule is COc1cc(C(=O)Nc2ccc(NC(=O)C3CC3)cc2)ccc1OC(C)C. The molecule has 27 heavy (non-hydrogen) atoms. The van der Waals surface area contributed by atoms with Crippen molar-refractivity contribution in [1.82, 2.24) is 0 Å². The molecule has 2 amide bonds. The lowest BCUT2D eigenvalue weighted by Crippen LogP contribution is -2.14. The van der Waals surface area contributed by atoms with Crippen molar-refractivity contribution in [3.05, 3.63) is 48.0 Å². The molecule has 6 heteroatoms. The van der Waals surface area contributed by atoms with Crippen molar-refractivity contribution in [3.8, 4) is 11.5 Å². The number of amides is 2. The molecule has 6 nitrogen and oxygen atoms in total. The molecule has 0 heterocycles. The molecule has 0 aromatic heterocycles. The lowest BCUT2D eigenvalue weighted by Gasteiger charge is -2.14. The minimum Gasteiger partial charge on any atom is -0.493 e. The van der Waals surface area contributed by atoms with Crippen molar-refractivity contribution in [1.29, 1.82) is 0 Å². The van der Waals surface area contributed by atoms with Gasteiger partial charge >= 0.3 is 0 Å². The van der Waals surface area contributed by atoms with Crippen molar-refractivity contribution in [2.75, 3.05) is 17.7 Å². The third-order valence-corrected chi connectivity index (χ3v) is 4.15. The average Bonchev–Trinajstić information content (AvgIpc) is 3.48. The first-order chi connectivity index (χ1) is 13.0. The van der Waals surface area contributed by atoms with Crippen LogP contribution in [0.5, 0.6) is 11.5 Å². The molecule has 2 aromatic carbocycles. The number of ether oxygens (including phenoxy) is 2. The van der Waals surface area contributed by atoms with E-state index in [4.69, 9.17) is 9.47 Å². The highest BCUT2D eigenvalue weighted by molar-refractivity contribution is 6.04. The maximum absolute atomic E-state index is 12.5. The Kier molecular flexibility index (Phi) is 5.64. The molecule has 1 aliphatic carbocycles. The van der Waals surface area contributed by atoms with Gasteiger partial charge in [-0.2, -0.15) is 0 Å². The molecule has 0 atom stereocenters. The van der Waals surface area contributed by atoms with Gasteiger partial charge in [-0.15, -0.1) is 0 Å². The van der Waals surface area contributed by atoms with E-state index in [1.54, 1.807) is 49.6 Å². The molecule has 0 radical (unpaired) electrons. The second-order valence-corrected chi connectivity index (χ2v) is 6.83. The van der Waals surface area contributed by atoms with E-state index in [2.05, 4.69) is 10.6 Å². The number of benzene rings is 2. The fraction of sp³-hybridized carbons (Fsp3) is 0.333. The van der Waals surface area contributed by atoms with Crippen LogP contribution in [-0.2, 0) is 4.79 Å². The molecular formula is C21H24N2O4. The summed E-state index contributed by atoms with van der Waals surface area (Å²) in [5.74, 6) is 1.07. The van der Waals surface area contributed by atoms with Crippen LogP contribution in [0, 0.1) is 5.92 Å². The first-order valence-electron chi connectivity index (χ1n) is 9.03. The Hall–Kier alpha value is -3.02. The standard InChI is InChI=1S/C21H24N2O4/c1-13(2)27-18-11-6-15(12-19(18)26-3)21(25)23-17-9-7-16(8-10-17)22-20(24)14-4-5-14/h6-14H,4-5H2,1-3H3,(H,22,24)(H,23,25). The number of hydrogen-bond donors (Lipinski definition) is 2. The second kappa shape index (κ2) is 8.12. The highest BCUT2D eigenvalue weighted by Crippen LogP contribution is 2.31. The minimum absolute atomic E-state index is 0.0116. The zero-order chi connectivity index (χ0) is 19.4. The van der Waals surface area contributed by atoms with Gasteiger partial charge in [-0.3, -0.25) is 9.59 Å². The van der Waals surface area contributed by atoms with Crippen molar-refractivity contribution in [2.24, 2.45) is 5.92 Å². The lowest BCUT2D eigenvalue weighted by molar-refractivity contribution is -0.117. The van der Waals surface area contributed by atoms with E-state index in [-0.39, 0.29) is 23.8 Å². The quantitative estimate of drug-likeness (QED) is 0.772. The monoisotopic (exact) mass is 368 g/mol. The van der Waals surface area contributed by atoms with Crippen molar-refractivity contribution in [3.63, 3.8) is 0 Å². The first-order valence-corrected chi connectivity index (χ1v) is 9.03. The summed E-state index contributed by atoms with van der Waals surface area (Å²) >= 11 is 0. The zero-order valence-corrected chi connectivity index (χ0v) is 15.7. The van der Waals surface area contributed by atoms with Gasteiger partial charge in [0.25, 0.3) is 5.91 Å². The summed E-state index contributed by atoms with van der Waals surface area (Å²) in [6, 6.07) is 12.1. The maximum Gasteiger partial charge on any atom is 0.255 e. The molecule has 142 valence electrons. The number of hydrogen-bond acceptors (Lipinski definition) is 4. The Balaban J connectivity index is 1.64. The van der Waals surface area contributed by atoms with Gasteiger partial charge in [-0.25, -0.2) is 0 Å². The Morgan fingerprint density at radius 3 is 2.15 bits per heavy atom. The predicted molar refractivity (Wildman–Crippen MR) is 105 cm³/mol. The van der Waals surface area contributed by atoms with Gasteiger partial charge in [-0.05, 0) is 69.2 Å². The molecular weight excluding hydrogens is 344 g/mol. The van der Waals surface area contributed by atoms with Gasteiger partial charge in [-0.1, -0.05) is 0 Å². The molecule has 1 fully saturated rings. The van der Waals surface area contributed by atoms with E-state index in [0.29, 0.717) is 22.7 Å². The molecule has 2 N–H and O–H groups in total. The summed E-state index contributed by atoms with van der Waals surface area (Å²) < 4.78 is 11.0. The van der Waals surface area contributed by atoms with E-state index < -0.39 is 0 Å². The normalized spacial score (nSPS) is 13.2. The third-order valence-electron chi connectivity index (χ3n) is 4.15. The first kappa shape index (κ1) is 18.8. The van der Waals surface area contributed by atoms with Crippen LogP contribution in [0.25, 0.3) is 0 Å². The maximum atomic E-state index is 12.5. The molecule has 1 aliphatic rings. The molecule has 0 spiro atoms. The average molecular weight is 368 g/mol. The fourth-order valence-electron chi connectivity index (χ4n) is 2.59. The Bertz CT molecular complexity index is 827. The number of carbonyl (C=O) groups excluding carboxylic acids is 2. The minimum atomic E-state index is -0.251. The molecule has 0 aliphatic heterocycles. The van der Waals surface area contributed by atoms with Gasteiger partial charge in [0.15, 0.2) is 11.5 Å². The highest BCUT2D eigenvalue weighted by atomic mass is 16.5. The molecule has 1 saturated carbocycles. The topological polar surface area (TPSA) is 76.7 Å². The summed E-state index contributed by atoms with van der Waals surface area (Å²) in [4.78, 5) is 24.3. The zero-order valence-electron chi connectivity index (χ0n) is 15.7. The molecule has 0 unspecified atom stereocenters. The predicted octanol–water partition coefficient (Wildman–Crippen LogP) is 4.08. The highest BCUT2D eigenvalue weighted by Gasteiger charge is 2.29. The summed E-state index contributed by atoms with van der Waals surface area (Å²) in [7, 11) is 1.54. The van der Waals surface area contributed by atoms with E-state index in [9.17, 15) is 9.59 Å². The van der Waals surface area contributed by atoms with Crippen molar-refractivity contribution < 1.29 is 19.1 Å². The number of anilines is 2. The van der Waals surface area contributed by atoms with Crippen LogP contribution in [0.2, 0.25) is 0 Å².